The van der Waals surface area contributed by atoms with Gasteiger partial charge in [-0.05, 0) is 37.9 Å². The van der Waals surface area contributed by atoms with Gasteiger partial charge in [-0.3, -0.25) is 9.80 Å². The third-order valence-corrected chi connectivity index (χ3v) is 4.86. The molecule has 1 aromatic rings. The Kier molecular flexibility index (Phi) is 4.99. The van der Waals surface area contributed by atoms with E-state index in [0.29, 0.717) is 0 Å². The molecule has 1 N–H and O–H groups in total. The summed E-state index contributed by atoms with van der Waals surface area (Å²) in [7, 11) is 0. The lowest BCUT2D eigenvalue weighted by Crippen LogP contribution is -2.49. The van der Waals surface area contributed by atoms with E-state index >= 15 is 0 Å². The molecule has 0 spiro atoms. The SMILES string of the molecule is CCCNc1ccc(Cl)c(CN2CCN3CCCC3C2)n1. The fourth-order valence-corrected chi connectivity index (χ4v) is 3.52. The van der Waals surface area contributed by atoms with Gasteiger partial charge in [-0.25, -0.2) is 4.98 Å². The average molecular weight is 309 g/mol. The summed E-state index contributed by atoms with van der Waals surface area (Å²) in [5, 5.41) is 4.12. The molecule has 5 heteroatoms. The number of rotatable bonds is 5. The van der Waals surface area contributed by atoms with Crippen molar-refractivity contribution in [2.75, 3.05) is 38.0 Å². The molecule has 3 rings (SSSR count). The zero-order valence-electron chi connectivity index (χ0n) is 12.8. The van der Waals surface area contributed by atoms with Crippen molar-refractivity contribution < 1.29 is 0 Å². The molecule has 2 fully saturated rings. The Morgan fingerprint density at radius 1 is 1.33 bits per heavy atom. The lowest BCUT2D eigenvalue weighted by molar-refractivity contribution is 0.0985. The number of hydrogen-bond acceptors (Lipinski definition) is 4. The highest BCUT2D eigenvalue weighted by atomic mass is 35.5. The van der Waals surface area contributed by atoms with E-state index in [-0.39, 0.29) is 0 Å². The van der Waals surface area contributed by atoms with Crippen molar-refractivity contribution in [2.24, 2.45) is 0 Å². The second kappa shape index (κ2) is 6.95. The van der Waals surface area contributed by atoms with Crippen molar-refractivity contribution in [2.45, 2.75) is 38.8 Å². The zero-order valence-corrected chi connectivity index (χ0v) is 13.6. The van der Waals surface area contributed by atoms with Crippen molar-refractivity contribution in [1.82, 2.24) is 14.8 Å². The molecule has 21 heavy (non-hydrogen) atoms. The molecule has 3 heterocycles. The van der Waals surface area contributed by atoms with Crippen LogP contribution < -0.4 is 5.32 Å². The number of hydrogen-bond donors (Lipinski definition) is 1. The summed E-state index contributed by atoms with van der Waals surface area (Å²) < 4.78 is 0. The quantitative estimate of drug-likeness (QED) is 0.906. The molecule has 0 bridgehead atoms. The van der Waals surface area contributed by atoms with Crippen LogP contribution in [0.5, 0.6) is 0 Å². The van der Waals surface area contributed by atoms with E-state index in [0.717, 1.165) is 55.2 Å². The summed E-state index contributed by atoms with van der Waals surface area (Å²) in [6.45, 7) is 8.74. The van der Waals surface area contributed by atoms with Crippen LogP contribution in [0.2, 0.25) is 5.02 Å². The van der Waals surface area contributed by atoms with Crippen molar-refractivity contribution in [3.8, 4) is 0 Å². The number of nitrogens with one attached hydrogen (secondary N) is 1. The van der Waals surface area contributed by atoms with Gasteiger partial charge < -0.3 is 5.32 Å². The second-order valence-electron chi connectivity index (χ2n) is 6.12. The Labute approximate surface area is 132 Å². The van der Waals surface area contributed by atoms with E-state index in [2.05, 4.69) is 22.0 Å². The molecule has 2 aliphatic rings. The second-order valence-corrected chi connectivity index (χ2v) is 6.53. The first kappa shape index (κ1) is 15.1. The monoisotopic (exact) mass is 308 g/mol. The van der Waals surface area contributed by atoms with Crippen LogP contribution in [0.4, 0.5) is 5.82 Å². The first-order valence-corrected chi connectivity index (χ1v) is 8.49. The van der Waals surface area contributed by atoms with E-state index in [1.54, 1.807) is 0 Å². The third kappa shape index (κ3) is 3.68. The summed E-state index contributed by atoms with van der Waals surface area (Å²) in [4.78, 5) is 9.83. The largest absolute Gasteiger partial charge is 0.370 e. The molecular formula is C16H25ClN4. The standard InChI is InChI=1S/C16H25ClN4/c1-2-7-18-16-6-5-14(17)15(19-16)12-20-9-10-21-8-3-4-13(21)11-20/h5-6,13H,2-4,7-12H2,1H3,(H,18,19). The summed E-state index contributed by atoms with van der Waals surface area (Å²) in [5.74, 6) is 0.941. The molecule has 4 nitrogen and oxygen atoms in total. The Balaban J connectivity index is 1.63. The van der Waals surface area contributed by atoms with Crippen LogP contribution in [0.15, 0.2) is 12.1 Å². The average Bonchev–Trinajstić information content (AvgIpc) is 2.95. The Bertz CT molecular complexity index is 479. The van der Waals surface area contributed by atoms with Crippen LogP contribution in [-0.4, -0.2) is 53.5 Å². The number of anilines is 1. The van der Waals surface area contributed by atoms with Crippen LogP contribution in [-0.2, 0) is 6.54 Å². The maximum absolute atomic E-state index is 6.33. The molecule has 0 saturated carbocycles. The predicted molar refractivity (Wildman–Crippen MR) is 87.9 cm³/mol. The lowest BCUT2D eigenvalue weighted by Gasteiger charge is -2.37. The van der Waals surface area contributed by atoms with Gasteiger partial charge in [-0.15, -0.1) is 0 Å². The summed E-state index contributed by atoms with van der Waals surface area (Å²) in [5.41, 5.74) is 1.00. The molecule has 0 aliphatic carbocycles. The van der Waals surface area contributed by atoms with Crippen LogP contribution in [0.25, 0.3) is 0 Å². The van der Waals surface area contributed by atoms with E-state index in [4.69, 9.17) is 16.6 Å². The fourth-order valence-electron chi connectivity index (χ4n) is 3.36. The van der Waals surface area contributed by atoms with E-state index in [9.17, 15) is 0 Å². The van der Waals surface area contributed by atoms with Crippen molar-refractivity contribution in [1.29, 1.82) is 0 Å². The first-order chi connectivity index (χ1) is 10.3. The first-order valence-electron chi connectivity index (χ1n) is 8.12. The minimum Gasteiger partial charge on any atom is -0.370 e. The van der Waals surface area contributed by atoms with E-state index < -0.39 is 0 Å². The van der Waals surface area contributed by atoms with Crippen molar-refractivity contribution in [3.63, 3.8) is 0 Å². The molecule has 0 aromatic carbocycles. The molecule has 0 radical (unpaired) electrons. The zero-order chi connectivity index (χ0) is 14.7. The fraction of sp³-hybridized carbons (Fsp3) is 0.688. The van der Waals surface area contributed by atoms with Gasteiger partial charge >= 0.3 is 0 Å². The van der Waals surface area contributed by atoms with Crippen molar-refractivity contribution in [3.05, 3.63) is 22.8 Å². The number of halogens is 1. The maximum Gasteiger partial charge on any atom is 0.126 e. The molecular weight excluding hydrogens is 284 g/mol. The van der Waals surface area contributed by atoms with Crippen LogP contribution in [0.1, 0.15) is 31.9 Å². The minimum atomic E-state index is 0.749. The topological polar surface area (TPSA) is 31.4 Å². The predicted octanol–water partition coefficient (Wildman–Crippen LogP) is 2.84. The summed E-state index contributed by atoms with van der Waals surface area (Å²) >= 11 is 6.33. The molecule has 0 amide bonds. The smallest absolute Gasteiger partial charge is 0.126 e. The number of piperazine rings is 1. The highest BCUT2D eigenvalue weighted by Crippen LogP contribution is 2.24. The number of fused-ring (bicyclic) bond motifs is 1. The van der Waals surface area contributed by atoms with Gasteiger partial charge in [0.2, 0.25) is 0 Å². The summed E-state index contributed by atoms with van der Waals surface area (Å²) in [6, 6.07) is 4.68. The Morgan fingerprint density at radius 3 is 3.10 bits per heavy atom. The van der Waals surface area contributed by atoms with Crippen LogP contribution in [0, 0.1) is 0 Å². The molecule has 2 saturated heterocycles. The molecule has 1 unspecified atom stereocenters. The lowest BCUT2D eigenvalue weighted by atomic mass is 10.1. The summed E-state index contributed by atoms with van der Waals surface area (Å²) in [6.07, 6.45) is 3.80. The number of aromatic nitrogens is 1. The van der Waals surface area contributed by atoms with Gasteiger partial charge in [0, 0.05) is 38.8 Å². The van der Waals surface area contributed by atoms with Gasteiger partial charge in [0.05, 0.1) is 10.7 Å². The molecule has 116 valence electrons. The minimum absolute atomic E-state index is 0.749. The normalized spacial score (nSPS) is 23.2. The molecule has 2 aliphatic heterocycles. The number of nitrogens with zero attached hydrogens (tertiary/aromatic N) is 3. The van der Waals surface area contributed by atoms with Gasteiger partial charge in [-0.2, -0.15) is 0 Å². The molecule has 1 atom stereocenters. The Morgan fingerprint density at radius 2 is 2.24 bits per heavy atom. The van der Waals surface area contributed by atoms with Gasteiger partial charge in [0.25, 0.3) is 0 Å². The molecule has 1 aromatic heterocycles. The van der Waals surface area contributed by atoms with Gasteiger partial charge in [0.1, 0.15) is 5.82 Å². The third-order valence-electron chi connectivity index (χ3n) is 4.52. The number of pyridine rings is 1. The highest BCUT2D eigenvalue weighted by molar-refractivity contribution is 6.31. The van der Waals surface area contributed by atoms with Gasteiger partial charge in [-0.1, -0.05) is 18.5 Å². The van der Waals surface area contributed by atoms with Gasteiger partial charge in [0.15, 0.2) is 0 Å². The van der Waals surface area contributed by atoms with E-state index in [1.165, 1.54) is 25.9 Å². The Hall–Kier alpha value is -0.840. The maximum atomic E-state index is 6.33. The van der Waals surface area contributed by atoms with Crippen LogP contribution in [0.3, 0.4) is 0 Å². The van der Waals surface area contributed by atoms with E-state index in [1.807, 2.05) is 12.1 Å². The van der Waals surface area contributed by atoms with Crippen molar-refractivity contribution >= 4 is 17.4 Å². The highest BCUT2D eigenvalue weighted by Gasteiger charge is 2.30. The van der Waals surface area contributed by atoms with Crippen LogP contribution >= 0.6 is 11.6 Å².